The van der Waals surface area contributed by atoms with Crippen LogP contribution in [-0.4, -0.2) is 63.3 Å². The number of aliphatic imine (C=N–C) groups is 1. The van der Waals surface area contributed by atoms with Crippen molar-refractivity contribution < 1.29 is 4.74 Å². The van der Waals surface area contributed by atoms with E-state index in [2.05, 4.69) is 43.2 Å². The Kier molecular flexibility index (Phi) is 11.1. The average molecular weight is 341 g/mol. The molecule has 1 saturated carbocycles. The minimum Gasteiger partial charge on any atom is -0.382 e. The second kappa shape index (κ2) is 12.5. The maximum atomic E-state index is 5.61. The molecule has 0 aromatic carbocycles. The van der Waals surface area contributed by atoms with Gasteiger partial charge in [0.05, 0.1) is 0 Å². The SMILES string of the molecule is CCNC(=NCC1(CCOCC)CCCC1)NCCN(CC)CC. The van der Waals surface area contributed by atoms with E-state index in [-0.39, 0.29) is 0 Å². The number of nitrogens with zero attached hydrogens (tertiary/aromatic N) is 2. The molecule has 1 fully saturated rings. The zero-order chi connectivity index (χ0) is 17.7. The van der Waals surface area contributed by atoms with E-state index < -0.39 is 0 Å². The van der Waals surface area contributed by atoms with Gasteiger partial charge in [0.15, 0.2) is 5.96 Å². The van der Waals surface area contributed by atoms with Gasteiger partial charge in [-0.2, -0.15) is 0 Å². The van der Waals surface area contributed by atoms with E-state index in [4.69, 9.17) is 9.73 Å². The lowest BCUT2D eigenvalue weighted by molar-refractivity contribution is 0.107. The Balaban J connectivity index is 2.51. The third-order valence-corrected chi connectivity index (χ3v) is 5.18. The van der Waals surface area contributed by atoms with Crippen LogP contribution in [0.1, 0.15) is 59.8 Å². The van der Waals surface area contributed by atoms with Crippen molar-refractivity contribution in [3.05, 3.63) is 0 Å². The number of hydrogen-bond donors (Lipinski definition) is 2. The molecule has 0 bridgehead atoms. The number of likely N-dealkylation sites (N-methyl/N-ethyl adjacent to an activating group) is 1. The molecule has 5 nitrogen and oxygen atoms in total. The number of guanidine groups is 1. The summed E-state index contributed by atoms with van der Waals surface area (Å²) in [5.74, 6) is 0.965. The summed E-state index contributed by atoms with van der Waals surface area (Å²) in [6.45, 7) is 16.3. The molecule has 0 heterocycles. The van der Waals surface area contributed by atoms with Crippen LogP contribution in [0.4, 0.5) is 0 Å². The molecule has 5 heteroatoms. The van der Waals surface area contributed by atoms with Gasteiger partial charge in [-0.1, -0.05) is 26.7 Å². The van der Waals surface area contributed by atoms with Gasteiger partial charge in [-0.15, -0.1) is 0 Å². The lowest BCUT2D eigenvalue weighted by atomic mass is 9.83. The van der Waals surface area contributed by atoms with E-state index in [0.717, 1.165) is 64.9 Å². The normalized spacial score (nSPS) is 17.5. The molecule has 1 aliphatic rings. The molecular formula is C19H40N4O. The van der Waals surface area contributed by atoms with Crippen LogP contribution in [0, 0.1) is 5.41 Å². The molecule has 0 atom stereocenters. The van der Waals surface area contributed by atoms with Crippen LogP contribution in [0.2, 0.25) is 0 Å². The summed E-state index contributed by atoms with van der Waals surface area (Å²) in [7, 11) is 0. The van der Waals surface area contributed by atoms with Crippen LogP contribution in [0.5, 0.6) is 0 Å². The second-order valence-electron chi connectivity index (χ2n) is 6.80. The fourth-order valence-corrected chi connectivity index (χ4v) is 3.51. The molecule has 0 aromatic heterocycles. The van der Waals surface area contributed by atoms with E-state index in [1.165, 1.54) is 25.7 Å². The first-order chi connectivity index (χ1) is 11.7. The van der Waals surface area contributed by atoms with Gasteiger partial charge in [-0.05, 0) is 51.6 Å². The molecule has 0 radical (unpaired) electrons. The van der Waals surface area contributed by atoms with Gasteiger partial charge >= 0.3 is 0 Å². The fraction of sp³-hybridized carbons (Fsp3) is 0.947. The molecule has 2 N–H and O–H groups in total. The molecule has 0 saturated heterocycles. The van der Waals surface area contributed by atoms with Gasteiger partial charge < -0.3 is 20.3 Å². The first kappa shape index (κ1) is 21.2. The number of rotatable bonds is 12. The van der Waals surface area contributed by atoms with Crippen molar-refractivity contribution in [1.29, 1.82) is 0 Å². The van der Waals surface area contributed by atoms with Crippen molar-refractivity contribution >= 4 is 5.96 Å². The zero-order valence-corrected chi connectivity index (χ0v) is 16.5. The van der Waals surface area contributed by atoms with E-state index in [0.29, 0.717) is 5.41 Å². The van der Waals surface area contributed by atoms with E-state index in [1.54, 1.807) is 0 Å². The van der Waals surface area contributed by atoms with Crippen molar-refractivity contribution in [1.82, 2.24) is 15.5 Å². The van der Waals surface area contributed by atoms with Crippen LogP contribution in [0.25, 0.3) is 0 Å². The molecule has 24 heavy (non-hydrogen) atoms. The minimum atomic E-state index is 0.358. The van der Waals surface area contributed by atoms with Crippen LogP contribution in [0.15, 0.2) is 4.99 Å². The van der Waals surface area contributed by atoms with Gasteiger partial charge in [0.2, 0.25) is 0 Å². The van der Waals surface area contributed by atoms with Crippen molar-refractivity contribution in [2.45, 2.75) is 59.8 Å². The Morgan fingerprint density at radius 3 is 2.38 bits per heavy atom. The molecule has 1 rings (SSSR count). The first-order valence-corrected chi connectivity index (χ1v) is 10.0. The number of ether oxygens (including phenoxy) is 1. The first-order valence-electron chi connectivity index (χ1n) is 10.0. The highest BCUT2D eigenvalue weighted by Gasteiger charge is 2.33. The summed E-state index contributed by atoms with van der Waals surface area (Å²) in [6.07, 6.45) is 6.41. The molecular weight excluding hydrogens is 300 g/mol. The third kappa shape index (κ3) is 7.84. The van der Waals surface area contributed by atoms with Gasteiger partial charge in [-0.3, -0.25) is 4.99 Å². The van der Waals surface area contributed by atoms with Crippen molar-refractivity contribution in [2.24, 2.45) is 10.4 Å². The van der Waals surface area contributed by atoms with Gasteiger partial charge in [0.25, 0.3) is 0 Å². The Labute approximate surface area is 149 Å². The van der Waals surface area contributed by atoms with Crippen LogP contribution in [0.3, 0.4) is 0 Å². The highest BCUT2D eigenvalue weighted by molar-refractivity contribution is 5.79. The largest absolute Gasteiger partial charge is 0.382 e. The Morgan fingerprint density at radius 1 is 1.08 bits per heavy atom. The predicted octanol–water partition coefficient (Wildman–Crippen LogP) is 2.87. The number of hydrogen-bond acceptors (Lipinski definition) is 3. The summed E-state index contributed by atoms with van der Waals surface area (Å²) in [6, 6.07) is 0. The average Bonchev–Trinajstić information content (AvgIpc) is 3.06. The van der Waals surface area contributed by atoms with Crippen LogP contribution < -0.4 is 10.6 Å². The Hall–Kier alpha value is -0.810. The topological polar surface area (TPSA) is 48.9 Å². The molecule has 0 amide bonds. The molecule has 0 aromatic rings. The lowest BCUT2D eigenvalue weighted by Crippen LogP contribution is -2.42. The van der Waals surface area contributed by atoms with Gasteiger partial charge in [0, 0.05) is 39.4 Å². The quantitative estimate of drug-likeness (QED) is 0.326. The van der Waals surface area contributed by atoms with Crippen molar-refractivity contribution in [3.8, 4) is 0 Å². The minimum absolute atomic E-state index is 0.358. The van der Waals surface area contributed by atoms with Crippen LogP contribution >= 0.6 is 0 Å². The lowest BCUT2D eigenvalue weighted by Gasteiger charge is -2.27. The maximum absolute atomic E-state index is 5.61. The molecule has 142 valence electrons. The Morgan fingerprint density at radius 2 is 1.79 bits per heavy atom. The van der Waals surface area contributed by atoms with Gasteiger partial charge in [0.1, 0.15) is 0 Å². The van der Waals surface area contributed by atoms with Gasteiger partial charge in [-0.25, -0.2) is 0 Å². The smallest absolute Gasteiger partial charge is 0.191 e. The second-order valence-corrected chi connectivity index (χ2v) is 6.80. The van der Waals surface area contributed by atoms with E-state index in [1.807, 2.05) is 0 Å². The third-order valence-electron chi connectivity index (χ3n) is 5.18. The molecule has 0 aliphatic heterocycles. The summed E-state index contributed by atoms with van der Waals surface area (Å²) in [5, 5.41) is 6.88. The van der Waals surface area contributed by atoms with E-state index in [9.17, 15) is 0 Å². The predicted molar refractivity (Wildman–Crippen MR) is 104 cm³/mol. The van der Waals surface area contributed by atoms with Crippen LogP contribution in [-0.2, 0) is 4.74 Å². The van der Waals surface area contributed by atoms with E-state index >= 15 is 0 Å². The Bertz CT molecular complexity index is 336. The standard InChI is InChI=1S/C19H40N4O/c1-5-20-18(21-14-15-23(6-2)7-3)22-17-19(11-9-10-12-19)13-16-24-8-4/h5-17H2,1-4H3,(H2,20,21,22). The molecule has 1 aliphatic carbocycles. The fourth-order valence-electron chi connectivity index (χ4n) is 3.51. The highest BCUT2D eigenvalue weighted by Crippen LogP contribution is 2.41. The monoisotopic (exact) mass is 340 g/mol. The highest BCUT2D eigenvalue weighted by atomic mass is 16.5. The molecule has 0 spiro atoms. The number of nitrogens with one attached hydrogen (secondary N) is 2. The summed E-state index contributed by atoms with van der Waals surface area (Å²) in [5.41, 5.74) is 0.358. The summed E-state index contributed by atoms with van der Waals surface area (Å²) in [4.78, 5) is 7.34. The summed E-state index contributed by atoms with van der Waals surface area (Å²) >= 11 is 0. The zero-order valence-electron chi connectivity index (χ0n) is 16.5. The van der Waals surface area contributed by atoms with Crippen molar-refractivity contribution in [2.75, 3.05) is 52.5 Å². The summed E-state index contributed by atoms with van der Waals surface area (Å²) < 4.78 is 5.61. The maximum Gasteiger partial charge on any atom is 0.191 e. The van der Waals surface area contributed by atoms with Crippen molar-refractivity contribution in [3.63, 3.8) is 0 Å². The molecule has 0 unspecified atom stereocenters.